The molecular formula is C20H20ClN7O2. The molecule has 2 aliphatic rings. The van der Waals surface area contributed by atoms with E-state index in [-0.39, 0.29) is 11.9 Å². The summed E-state index contributed by atoms with van der Waals surface area (Å²) in [5.74, 6) is 0.327. The minimum absolute atomic E-state index is 0.131. The second kappa shape index (κ2) is 7.32. The summed E-state index contributed by atoms with van der Waals surface area (Å²) in [5, 5.41) is 8.80. The first-order valence-corrected chi connectivity index (χ1v) is 10.2. The Bertz CT molecular complexity index is 1070. The summed E-state index contributed by atoms with van der Waals surface area (Å²) in [7, 11) is 0. The zero-order chi connectivity index (χ0) is 20.7. The molecule has 1 saturated heterocycles. The molecule has 30 heavy (non-hydrogen) atoms. The Morgan fingerprint density at radius 2 is 2.03 bits per heavy atom. The van der Waals surface area contributed by atoms with Crippen LogP contribution in [0.1, 0.15) is 35.4 Å². The van der Waals surface area contributed by atoms with Gasteiger partial charge < -0.3 is 9.64 Å². The number of fused-ring (bicyclic) bond motifs is 2. The van der Waals surface area contributed by atoms with Crippen molar-refractivity contribution in [3.8, 4) is 11.7 Å². The number of pyridine rings is 1. The van der Waals surface area contributed by atoms with Gasteiger partial charge in [-0.15, -0.1) is 4.80 Å². The van der Waals surface area contributed by atoms with E-state index in [9.17, 15) is 4.79 Å². The molecule has 4 heterocycles. The molecule has 154 valence electrons. The number of aromatic nitrogens is 6. The van der Waals surface area contributed by atoms with Crippen LogP contribution in [0.4, 0.5) is 0 Å². The number of halogens is 1. The van der Waals surface area contributed by atoms with E-state index >= 15 is 0 Å². The van der Waals surface area contributed by atoms with Crippen molar-refractivity contribution in [2.75, 3.05) is 13.2 Å². The monoisotopic (exact) mass is 425 g/mol. The molecule has 1 saturated carbocycles. The minimum Gasteiger partial charge on any atom is -0.461 e. The van der Waals surface area contributed by atoms with Crippen LogP contribution in [0, 0.1) is 12.8 Å². The van der Waals surface area contributed by atoms with Crippen LogP contribution in [0.15, 0.2) is 36.9 Å². The molecule has 1 amide bonds. The largest absolute Gasteiger partial charge is 0.461 e. The van der Waals surface area contributed by atoms with Crippen LogP contribution in [-0.4, -0.2) is 59.4 Å². The molecule has 5 rings (SSSR count). The average molecular weight is 426 g/mol. The van der Waals surface area contributed by atoms with Gasteiger partial charge in [0.15, 0.2) is 5.69 Å². The number of aryl methyl sites for hydroxylation is 1. The van der Waals surface area contributed by atoms with Crippen molar-refractivity contribution in [2.24, 2.45) is 5.92 Å². The Labute approximate surface area is 178 Å². The lowest BCUT2D eigenvalue weighted by molar-refractivity contribution is 0.0380. The predicted molar refractivity (Wildman–Crippen MR) is 108 cm³/mol. The number of hydrogen-bond acceptors (Lipinski definition) is 7. The highest BCUT2D eigenvalue weighted by atomic mass is 35.5. The molecule has 0 aromatic carbocycles. The summed E-state index contributed by atoms with van der Waals surface area (Å²) >= 11 is 5.85. The summed E-state index contributed by atoms with van der Waals surface area (Å²) in [4.78, 5) is 29.7. The number of ether oxygens (including phenoxy) is 1. The fourth-order valence-corrected chi connectivity index (χ4v) is 4.58. The van der Waals surface area contributed by atoms with Gasteiger partial charge in [0.25, 0.3) is 5.91 Å². The fraction of sp³-hybridized carbons (Fsp3) is 0.400. The third kappa shape index (κ3) is 3.28. The SMILES string of the molecule is Cc1ccc(-n2nccn2)c(C(=O)N2CC3CCC2(COc2ncc(Cl)cn2)C3)n1. The zero-order valence-electron chi connectivity index (χ0n) is 16.4. The van der Waals surface area contributed by atoms with Crippen molar-refractivity contribution in [3.05, 3.63) is 53.3 Å². The number of likely N-dealkylation sites (tertiary alicyclic amines) is 1. The van der Waals surface area contributed by atoms with Crippen LogP contribution in [0.3, 0.4) is 0 Å². The quantitative estimate of drug-likeness (QED) is 0.619. The molecule has 3 aromatic heterocycles. The summed E-state index contributed by atoms with van der Waals surface area (Å²) in [6.07, 6.45) is 8.99. The van der Waals surface area contributed by atoms with Gasteiger partial charge in [-0.1, -0.05) is 11.6 Å². The van der Waals surface area contributed by atoms with Gasteiger partial charge in [0.05, 0.1) is 35.3 Å². The highest BCUT2D eigenvalue weighted by Crippen LogP contribution is 2.47. The first-order chi connectivity index (χ1) is 14.5. The van der Waals surface area contributed by atoms with Crippen LogP contribution in [-0.2, 0) is 0 Å². The van der Waals surface area contributed by atoms with Gasteiger partial charge in [-0.2, -0.15) is 10.2 Å². The first-order valence-electron chi connectivity index (χ1n) is 9.81. The van der Waals surface area contributed by atoms with Gasteiger partial charge in [0.1, 0.15) is 12.3 Å². The Hall–Kier alpha value is -3.07. The maximum Gasteiger partial charge on any atom is 0.316 e. The molecule has 2 unspecified atom stereocenters. The number of carbonyl (C=O) groups excluding carboxylic acids is 1. The van der Waals surface area contributed by atoms with Crippen LogP contribution in [0.25, 0.3) is 5.69 Å². The normalized spacial score (nSPS) is 22.5. The molecule has 2 bridgehead atoms. The Morgan fingerprint density at radius 3 is 2.77 bits per heavy atom. The highest BCUT2D eigenvalue weighted by molar-refractivity contribution is 6.30. The van der Waals surface area contributed by atoms with E-state index < -0.39 is 5.54 Å². The van der Waals surface area contributed by atoms with Crippen LogP contribution >= 0.6 is 11.6 Å². The van der Waals surface area contributed by atoms with Gasteiger partial charge in [0, 0.05) is 12.2 Å². The molecule has 10 heteroatoms. The number of nitrogens with zero attached hydrogens (tertiary/aromatic N) is 7. The van der Waals surface area contributed by atoms with E-state index in [1.165, 1.54) is 17.2 Å². The highest BCUT2D eigenvalue weighted by Gasteiger charge is 2.54. The molecule has 2 fully saturated rings. The first kappa shape index (κ1) is 18.9. The van der Waals surface area contributed by atoms with Gasteiger partial charge in [-0.05, 0) is 44.2 Å². The van der Waals surface area contributed by atoms with E-state index in [2.05, 4.69) is 25.1 Å². The van der Waals surface area contributed by atoms with E-state index in [1.54, 1.807) is 12.4 Å². The standard InChI is InChI=1S/C20H20ClN7O2/c1-13-2-3-16(28-24-6-7-25-28)17(26-13)18(29)27-11-14-4-5-20(27,8-14)12-30-19-22-9-15(21)10-23-19/h2-3,6-7,9-10,14H,4-5,8,11-12H2,1H3. The van der Waals surface area contributed by atoms with Crippen molar-refractivity contribution >= 4 is 17.5 Å². The van der Waals surface area contributed by atoms with E-state index in [0.717, 1.165) is 25.0 Å². The van der Waals surface area contributed by atoms with Gasteiger partial charge in [-0.25, -0.2) is 15.0 Å². The topological polar surface area (TPSA) is 98.9 Å². The molecule has 0 spiro atoms. The lowest BCUT2D eigenvalue weighted by atomic mass is 9.97. The second-order valence-corrected chi connectivity index (χ2v) is 8.30. The van der Waals surface area contributed by atoms with Gasteiger partial charge in [-0.3, -0.25) is 4.79 Å². The Kier molecular flexibility index (Phi) is 4.62. The van der Waals surface area contributed by atoms with Crippen LogP contribution < -0.4 is 4.74 Å². The van der Waals surface area contributed by atoms with Crippen LogP contribution in [0.5, 0.6) is 6.01 Å². The predicted octanol–water partition coefficient (Wildman–Crippen LogP) is 2.49. The summed E-state index contributed by atoms with van der Waals surface area (Å²) in [6.45, 7) is 2.88. The van der Waals surface area contributed by atoms with Crippen molar-refractivity contribution < 1.29 is 9.53 Å². The molecule has 0 radical (unpaired) electrons. The molecule has 1 aliphatic heterocycles. The molecule has 2 atom stereocenters. The van der Waals surface area contributed by atoms with E-state index in [0.29, 0.717) is 35.5 Å². The van der Waals surface area contributed by atoms with Crippen molar-refractivity contribution in [1.82, 2.24) is 34.8 Å². The van der Waals surface area contributed by atoms with E-state index in [1.807, 2.05) is 24.0 Å². The maximum absolute atomic E-state index is 13.7. The summed E-state index contributed by atoms with van der Waals surface area (Å²) < 4.78 is 5.88. The van der Waals surface area contributed by atoms with Crippen LogP contribution in [0.2, 0.25) is 5.02 Å². The van der Waals surface area contributed by atoms with Gasteiger partial charge in [0.2, 0.25) is 0 Å². The summed E-state index contributed by atoms with van der Waals surface area (Å²) in [6, 6.07) is 3.93. The molecule has 3 aromatic rings. The smallest absolute Gasteiger partial charge is 0.316 e. The lowest BCUT2D eigenvalue weighted by Gasteiger charge is -2.38. The number of piperidine rings is 1. The second-order valence-electron chi connectivity index (χ2n) is 7.86. The third-order valence-electron chi connectivity index (χ3n) is 5.86. The fourth-order valence-electron chi connectivity index (χ4n) is 4.48. The van der Waals surface area contributed by atoms with E-state index in [4.69, 9.17) is 16.3 Å². The number of amides is 1. The Morgan fingerprint density at radius 1 is 1.27 bits per heavy atom. The number of hydrogen-bond donors (Lipinski definition) is 0. The lowest BCUT2D eigenvalue weighted by Crippen LogP contribution is -2.52. The van der Waals surface area contributed by atoms with Crippen molar-refractivity contribution in [3.63, 3.8) is 0 Å². The maximum atomic E-state index is 13.7. The molecule has 0 N–H and O–H groups in total. The van der Waals surface area contributed by atoms with Gasteiger partial charge >= 0.3 is 6.01 Å². The summed E-state index contributed by atoms with van der Waals surface area (Å²) in [5.41, 5.74) is 1.28. The Balaban J connectivity index is 1.44. The third-order valence-corrected chi connectivity index (χ3v) is 6.06. The molecular weight excluding hydrogens is 406 g/mol. The average Bonchev–Trinajstić information content (AvgIpc) is 3.49. The number of rotatable bonds is 5. The van der Waals surface area contributed by atoms with Crippen molar-refractivity contribution in [2.45, 2.75) is 31.7 Å². The molecule has 1 aliphatic carbocycles. The zero-order valence-corrected chi connectivity index (χ0v) is 17.2. The minimum atomic E-state index is -0.398. The molecule has 9 nitrogen and oxygen atoms in total. The van der Waals surface area contributed by atoms with Crippen molar-refractivity contribution in [1.29, 1.82) is 0 Å². The number of carbonyl (C=O) groups is 1.